The molecule has 0 aromatic heterocycles. The highest BCUT2D eigenvalue weighted by Crippen LogP contribution is 2.44. The van der Waals surface area contributed by atoms with Crippen molar-refractivity contribution in [3.05, 3.63) is 23.8 Å². The molecule has 0 spiro atoms. The molecule has 2 aliphatic heterocycles. The third-order valence-electron chi connectivity index (χ3n) is 4.87. The topological polar surface area (TPSA) is 93.2 Å². The van der Waals surface area contributed by atoms with Crippen LogP contribution < -0.4 is 9.47 Å². The van der Waals surface area contributed by atoms with Crippen LogP contribution in [0.4, 0.5) is 0 Å². The van der Waals surface area contributed by atoms with E-state index in [1.807, 2.05) is 0 Å². The molecule has 3 rings (SSSR count). The monoisotopic (exact) mass is 428 g/mol. The maximum atomic E-state index is 13.0. The molecule has 0 N–H and O–H groups in total. The number of piperidine rings is 1. The minimum atomic E-state index is -3.68. The third-order valence-corrected chi connectivity index (χ3v) is 8.05. The highest BCUT2D eigenvalue weighted by molar-refractivity contribution is 8.01. The Balaban J connectivity index is 1.80. The van der Waals surface area contributed by atoms with Gasteiger partial charge in [-0.3, -0.25) is 14.5 Å². The van der Waals surface area contributed by atoms with Crippen molar-refractivity contribution in [2.75, 3.05) is 38.8 Å². The first-order valence-corrected chi connectivity index (χ1v) is 11.7. The Kier molecular flexibility index (Phi) is 6.51. The predicted octanol–water partition coefficient (Wildman–Crippen LogP) is 1.62. The van der Waals surface area contributed by atoms with Gasteiger partial charge < -0.3 is 9.47 Å². The molecule has 1 unspecified atom stereocenters. The van der Waals surface area contributed by atoms with Crippen molar-refractivity contribution in [1.82, 2.24) is 9.21 Å². The first-order chi connectivity index (χ1) is 13.4. The average Bonchev–Trinajstić information content (AvgIpc) is 3.17. The van der Waals surface area contributed by atoms with E-state index in [-0.39, 0.29) is 37.0 Å². The second-order valence-corrected chi connectivity index (χ2v) is 9.78. The predicted molar refractivity (Wildman–Crippen MR) is 106 cm³/mol. The Morgan fingerprint density at radius 2 is 1.86 bits per heavy atom. The first-order valence-electron chi connectivity index (χ1n) is 9.03. The van der Waals surface area contributed by atoms with Crippen LogP contribution in [0.25, 0.3) is 0 Å². The Morgan fingerprint density at radius 3 is 2.50 bits per heavy atom. The van der Waals surface area contributed by atoms with E-state index < -0.39 is 15.4 Å². The highest BCUT2D eigenvalue weighted by Gasteiger charge is 2.38. The largest absolute Gasteiger partial charge is 0.497 e. The van der Waals surface area contributed by atoms with Crippen LogP contribution in [0.15, 0.2) is 18.2 Å². The number of hydrogen-bond donors (Lipinski definition) is 0. The number of likely N-dealkylation sites (tertiary alicyclic amines) is 1. The van der Waals surface area contributed by atoms with Crippen LogP contribution in [0, 0.1) is 0 Å². The average molecular weight is 429 g/mol. The fourth-order valence-electron chi connectivity index (χ4n) is 3.39. The number of methoxy groups -OCH3 is 2. The molecule has 2 heterocycles. The smallest absolute Gasteiger partial charge is 0.229 e. The van der Waals surface area contributed by atoms with Crippen molar-refractivity contribution in [3.8, 4) is 11.5 Å². The number of amides is 2. The molecule has 0 saturated carbocycles. The molecule has 2 amide bonds. The summed E-state index contributed by atoms with van der Waals surface area (Å²) in [5, 5.41) is -0.442. The molecule has 2 saturated heterocycles. The van der Waals surface area contributed by atoms with Crippen molar-refractivity contribution >= 4 is 33.6 Å². The second kappa shape index (κ2) is 8.71. The summed E-state index contributed by atoms with van der Waals surface area (Å²) in [4.78, 5) is 25.0. The zero-order chi connectivity index (χ0) is 20.3. The summed E-state index contributed by atoms with van der Waals surface area (Å²) in [5.74, 6) is 0.966. The van der Waals surface area contributed by atoms with Gasteiger partial charge in [0, 0.05) is 37.2 Å². The van der Waals surface area contributed by atoms with Crippen molar-refractivity contribution in [3.63, 3.8) is 0 Å². The van der Waals surface area contributed by atoms with Gasteiger partial charge in [-0.25, -0.2) is 8.42 Å². The number of imide groups is 1. The number of hydrogen-bond acceptors (Lipinski definition) is 7. The standard InChI is InChI=1S/C18H24N2O6S2/c1-25-13-6-7-15(26-2)14(12-13)18-20(8-10-27-18)28(23,24)11-9-19-16(21)4-3-5-17(19)22/h6-7,12,18H,3-5,8-11H2,1-2H3. The number of thioether (sulfide) groups is 1. The van der Waals surface area contributed by atoms with Gasteiger partial charge in [0.1, 0.15) is 11.5 Å². The van der Waals surface area contributed by atoms with Gasteiger partial charge in [-0.2, -0.15) is 4.31 Å². The molecule has 0 radical (unpaired) electrons. The summed E-state index contributed by atoms with van der Waals surface area (Å²) < 4.78 is 38.1. The van der Waals surface area contributed by atoms with Crippen LogP contribution >= 0.6 is 11.8 Å². The van der Waals surface area contributed by atoms with E-state index in [0.29, 0.717) is 30.2 Å². The molecular weight excluding hydrogens is 404 g/mol. The van der Waals surface area contributed by atoms with Gasteiger partial charge in [0.25, 0.3) is 0 Å². The highest BCUT2D eigenvalue weighted by atomic mass is 32.2. The fraction of sp³-hybridized carbons (Fsp3) is 0.556. The number of carbonyl (C=O) groups is 2. The zero-order valence-electron chi connectivity index (χ0n) is 15.9. The zero-order valence-corrected chi connectivity index (χ0v) is 17.6. The van der Waals surface area contributed by atoms with Crippen LogP contribution in [-0.2, 0) is 19.6 Å². The molecule has 1 aromatic carbocycles. The molecule has 154 valence electrons. The maximum Gasteiger partial charge on any atom is 0.229 e. The van der Waals surface area contributed by atoms with Crippen molar-refractivity contribution < 1.29 is 27.5 Å². The Hall–Kier alpha value is -1.78. The van der Waals surface area contributed by atoms with Crippen molar-refractivity contribution in [1.29, 1.82) is 0 Å². The summed E-state index contributed by atoms with van der Waals surface area (Å²) in [7, 11) is -0.589. The summed E-state index contributed by atoms with van der Waals surface area (Å²) in [6, 6.07) is 5.29. The van der Waals surface area contributed by atoms with E-state index in [4.69, 9.17) is 9.47 Å². The van der Waals surface area contributed by atoms with Gasteiger partial charge in [0.05, 0.1) is 25.3 Å². The molecule has 2 aliphatic rings. The van der Waals surface area contributed by atoms with E-state index in [2.05, 4.69) is 0 Å². The molecule has 1 aromatic rings. The Morgan fingerprint density at radius 1 is 1.14 bits per heavy atom. The van der Waals surface area contributed by atoms with Crippen molar-refractivity contribution in [2.24, 2.45) is 0 Å². The van der Waals surface area contributed by atoms with E-state index in [1.165, 1.54) is 23.2 Å². The maximum absolute atomic E-state index is 13.0. The quantitative estimate of drug-likeness (QED) is 0.609. The van der Waals surface area contributed by atoms with E-state index >= 15 is 0 Å². The van der Waals surface area contributed by atoms with Gasteiger partial charge in [0.2, 0.25) is 21.8 Å². The van der Waals surface area contributed by atoms with Gasteiger partial charge in [0.15, 0.2) is 0 Å². The SMILES string of the molecule is COc1ccc(OC)c(C2SCCN2S(=O)(=O)CCN2C(=O)CCCC2=O)c1. The lowest BCUT2D eigenvalue weighted by atomic mass is 10.1. The number of nitrogens with zero attached hydrogens (tertiary/aromatic N) is 2. The van der Waals surface area contributed by atoms with Gasteiger partial charge in [-0.15, -0.1) is 11.8 Å². The van der Waals surface area contributed by atoms with Gasteiger partial charge >= 0.3 is 0 Å². The number of benzene rings is 1. The van der Waals surface area contributed by atoms with Gasteiger partial charge in [-0.1, -0.05) is 0 Å². The van der Waals surface area contributed by atoms with Crippen LogP contribution in [0.5, 0.6) is 11.5 Å². The van der Waals surface area contributed by atoms with Gasteiger partial charge in [-0.05, 0) is 24.6 Å². The van der Waals surface area contributed by atoms with Crippen molar-refractivity contribution in [2.45, 2.75) is 24.6 Å². The fourth-order valence-corrected chi connectivity index (χ4v) is 6.66. The summed E-state index contributed by atoms with van der Waals surface area (Å²) in [6.45, 7) is 0.253. The van der Waals surface area contributed by atoms with Crippen LogP contribution in [-0.4, -0.2) is 68.3 Å². The lowest BCUT2D eigenvalue weighted by Gasteiger charge is -2.28. The van der Waals surface area contributed by atoms with Crippen LogP contribution in [0.3, 0.4) is 0 Å². The van der Waals surface area contributed by atoms with Crippen LogP contribution in [0.1, 0.15) is 30.2 Å². The number of sulfonamides is 1. The lowest BCUT2D eigenvalue weighted by Crippen LogP contribution is -2.44. The first kappa shape index (κ1) is 20.9. The molecule has 0 aliphatic carbocycles. The molecule has 8 nitrogen and oxygen atoms in total. The Labute approximate surface area is 169 Å². The molecule has 0 bridgehead atoms. The normalized spacial score (nSPS) is 21.2. The summed E-state index contributed by atoms with van der Waals surface area (Å²) in [5.41, 5.74) is 0.720. The number of carbonyl (C=O) groups excluding carboxylic acids is 2. The van der Waals surface area contributed by atoms with Crippen LogP contribution in [0.2, 0.25) is 0 Å². The number of ether oxygens (including phenoxy) is 2. The molecule has 1 atom stereocenters. The van der Waals surface area contributed by atoms with E-state index in [1.54, 1.807) is 25.3 Å². The second-order valence-electron chi connectivity index (χ2n) is 6.55. The minimum Gasteiger partial charge on any atom is -0.497 e. The summed E-state index contributed by atoms with van der Waals surface area (Å²) >= 11 is 1.51. The molecule has 10 heteroatoms. The Bertz CT molecular complexity index is 842. The third kappa shape index (κ3) is 4.28. The molecule has 28 heavy (non-hydrogen) atoms. The van der Waals surface area contributed by atoms with E-state index in [0.717, 1.165) is 10.5 Å². The lowest BCUT2D eigenvalue weighted by molar-refractivity contribution is -0.147. The molecule has 2 fully saturated rings. The summed E-state index contributed by atoms with van der Waals surface area (Å²) in [6.07, 6.45) is 1.10. The van der Waals surface area contributed by atoms with E-state index in [9.17, 15) is 18.0 Å². The molecular formula is C18H24N2O6S2. The minimum absolute atomic E-state index is 0.108. The number of rotatable bonds is 7.